The minimum atomic E-state index is 0. The first kappa shape index (κ1) is 9.84. The lowest BCUT2D eigenvalue weighted by molar-refractivity contribution is 1.34. The van der Waals surface area contributed by atoms with E-state index in [2.05, 4.69) is 16.0 Å². The highest BCUT2D eigenvalue weighted by atomic mass is 15.0. The van der Waals surface area contributed by atoms with Crippen LogP contribution in [0.5, 0.6) is 0 Å². The second kappa shape index (κ2) is 6.95. The predicted octanol–water partition coefficient (Wildman–Crippen LogP) is -1.07. The van der Waals surface area contributed by atoms with E-state index < -0.39 is 0 Å². The SMILES string of the molecule is C1CN1.C1CN1.C1CN1.N. The van der Waals surface area contributed by atoms with Gasteiger partial charge < -0.3 is 22.1 Å². The first-order valence-electron chi connectivity index (χ1n) is 3.62. The van der Waals surface area contributed by atoms with E-state index in [9.17, 15) is 0 Å². The van der Waals surface area contributed by atoms with Crippen LogP contribution in [-0.4, -0.2) is 39.3 Å². The van der Waals surface area contributed by atoms with E-state index in [-0.39, 0.29) is 6.15 Å². The van der Waals surface area contributed by atoms with Gasteiger partial charge in [0.15, 0.2) is 0 Å². The van der Waals surface area contributed by atoms with Crippen LogP contribution in [0.3, 0.4) is 0 Å². The Balaban J connectivity index is 0.000000116. The van der Waals surface area contributed by atoms with Crippen LogP contribution in [0, 0.1) is 0 Å². The molecule has 62 valence electrons. The van der Waals surface area contributed by atoms with Crippen molar-refractivity contribution in [2.45, 2.75) is 0 Å². The second-order valence-electron chi connectivity index (χ2n) is 2.25. The standard InChI is InChI=1S/3C2H5N.H3N/c3*1-2-3-1;/h3*3H,1-2H2;1H3. The average molecular weight is 146 g/mol. The lowest BCUT2D eigenvalue weighted by Gasteiger charge is -1.21. The van der Waals surface area contributed by atoms with Gasteiger partial charge in [0, 0.05) is 39.3 Å². The van der Waals surface area contributed by atoms with Gasteiger partial charge in [0.25, 0.3) is 0 Å². The average Bonchev–Trinajstić information content (AvgIpc) is 2.70. The molecule has 3 fully saturated rings. The van der Waals surface area contributed by atoms with Gasteiger partial charge >= 0.3 is 0 Å². The van der Waals surface area contributed by atoms with Gasteiger partial charge in [-0.05, 0) is 0 Å². The largest absolute Gasteiger partial charge is 0.344 e. The first-order valence-corrected chi connectivity index (χ1v) is 3.62. The third-order valence-corrected chi connectivity index (χ3v) is 0.750. The Bertz CT molecular complexity index is 38.2. The number of rotatable bonds is 0. The molecule has 3 saturated heterocycles. The third kappa shape index (κ3) is 45.5. The summed E-state index contributed by atoms with van der Waals surface area (Å²) in [6.45, 7) is 7.50. The van der Waals surface area contributed by atoms with Crippen LogP contribution in [0.4, 0.5) is 0 Å². The van der Waals surface area contributed by atoms with Crippen molar-refractivity contribution in [3.8, 4) is 0 Å². The zero-order valence-corrected chi connectivity index (χ0v) is 6.45. The maximum Gasteiger partial charge on any atom is 0.00772 e. The molecule has 3 rings (SSSR count). The second-order valence-corrected chi connectivity index (χ2v) is 2.25. The molecule has 0 aliphatic carbocycles. The Hall–Kier alpha value is -0.160. The minimum absolute atomic E-state index is 0. The van der Waals surface area contributed by atoms with Crippen LogP contribution in [0.25, 0.3) is 0 Å². The van der Waals surface area contributed by atoms with E-state index in [1.807, 2.05) is 0 Å². The summed E-state index contributed by atoms with van der Waals surface area (Å²) in [6.07, 6.45) is 0. The molecule has 4 nitrogen and oxygen atoms in total. The van der Waals surface area contributed by atoms with Gasteiger partial charge in [-0.1, -0.05) is 0 Å². The summed E-state index contributed by atoms with van der Waals surface area (Å²) in [4.78, 5) is 0. The Morgan fingerprint density at radius 2 is 0.600 bits per heavy atom. The number of hydrogen-bond acceptors (Lipinski definition) is 4. The van der Waals surface area contributed by atoms with Crippen molar-refractivity contribution in [3.05, 3.63) is 0 Å². The molecule has 0 amide bonds. The van der Waals surface area contributed by atoms with E-state index in [4.69, 9.17) is 0 Å². The van der Waals surface area contributed by atoms with Crippen molar-refractivity contribution in [3.63, 3.8) is 0 Å². The van der Waals surface area contributed by atoms with Crippen molar-refractivity contribution in [2.24, 2.45) is 0 Å². The van der Waals surface area contributed by atoms with Crippen LogP contribution in [0.1, 0.15) is 0 Å². The highest BCUT2D eigenvalue weighted by molar-refractivity contribution is 4.59. The summed E-state index contributed by atoms with van der Waals surface area (Å²) in [5.74, 6) is 0. The molecular formula is C6H18N4. The molecule has 0 unspecified atom stereocenters. The zero-order chi connectivity index (χ0) is 6.36. The Kier molecular flexibility index (Phi) is 6.84. The van der Waals surface area contributed by atoms with Crippen molar-refractivity contribution < 1.29 is 0 Å². The Morgan fingerprint density at radius 3 is 0.600 bits per heavy atom. The van der Waals surface area contributed by atoms with Crippen molar-refractivity contribution in [1.82, 2.24) is 22.1 Å². The molecule has 0 aromatic rings. The molecule has 3 aliphatic heterocycles. The zero-order valence-electron chi connectivity index (χ0n) is 6.45. The van der Waals surface area contributed by atoms with Gasteiger partial charge in [-0.2, -0.15) is 0 Å². The van der Waals surface area contributed by atoms with Crippen LogP contribution >= 0.6 is 0 Å². The van der Waals surface area contributed by atoms with E-state index in [0.29, 0.717) is 0 Å². The monoisotopic (exact) mass is 146 g/mol. The summed E-state index contributed by atoms with van der Waals surface area (Å²) in [5, 5.41) is 9.00. The van der Waals surface area contributed by atoms with Gasteiger partial charge in [0.1, 0.15) is 0 Å². The minimum Gasteiger partial charge on any atom is -0.344 e. The molecule has 4 heteroatoms. The highest BCUT2D eigenvalue weighted by Crippen LogP contribution is 1.65. The molecule has 0 saturated carbocycles. The van der Waals surface area contributed by atoms with Crippen LogP contribution < -0.4 is 22.1 Å². The molecule has 0 aromatic carbocycles. The smallest absolute Gasteiger partial charge is 0.00772 e. The van der Waals surface area contributed by atoms with E-state index >= 15 is 0 Å². The molecule has 3 aliphatic rings. The maximum atomic E-state index is 3.00. The molecule has 0 aromatic heterocycles. The molecule has 0 atom stereocenters. The Labute approximate surface area is 62.3 Å². The lowest BCUT2D eigenvalue weighted by Crippen LogP contribution is -1.56. The molecule has 3 heterocycles. The van der Waals surface area contributed by atoms with Gasteiger partial charge in [-0.15, -0.1) is 0 Å². The summed E-state index contributed by atoms with van der Waals surface area (Å²) in [6, 6.07) is 0. The number of nitrogens with one attached hydrogen (secondary N) is 3. The van der Waals surface area contributed by atoms with Gasteiger partial charge in [0.2, 0.25) is 0 Å². The number of hydrogen-bond donors (Lipinski definition) is 4. The van der Waals surface area contributed by atoms with Gasteiger partial charge in [0.05, 0.1) is 0 Å². The van der Waals surface area contributed by atoms with E-state index in [0.717, 1.165) is 0 Å². The lowest BCUT2D eigenvalue weighted by atomic mass is 11.0. The topological polar surface area (TPSA) is 101 Å². The first-order chi connectivity index (χ1) is 4.50. The summed E-state index contributed by atoms with van der Waals surface area (Å²) in [5.41, 5.74) is 0. The van der Waals surface area contributed by atoms with Gasteiger partial charge in [-0.3, -0.25) is 0 Å². The Morgan fingerprint density at radius 1 is 0.500 bits per heavy atom. The van der Waals surface area contributed by atoms with Crippen LogP contribution in [0.2, 0.25) is 0 Å². The maximum absolute atomic E-state index is 3.00. The molecule has 0 bridgehead atoms. The summed E-state index contributed by atoms with van der Waals surface area (Å²) < 4.78 is 0. The predicted molar refractivity (Wildman–Crippen MR) is 43.6 cm³/mol. The van der Waals surface area contributed by atoms with Crippen molar-refractivity contribution >= 4 is 0 Å². The fourth-order valence-electron chi connectivity index (χ4n) is 0. The van der Waals surface area contributed by atoms with Crippen LogP contribution in [-0.2, 0) is 0 Å². The van der Waals surface area contributed by atoms with E-state index in [1.165, 1.54) is 39.3 Å². The molecular weight excluding hydrogens is 128 g/mol. The van der Waals surface area contributed by atoms with Gasteiger partial charge in [-0.25, -0.2) is 0 Å². The third-order valence-electron chi connectivity index (χ3n) is 0.750. The molecule has 0 radical (unpaired) electrons. The molecule has 10 heavy (non-hydrogen) atoms. The highest BCUT2D eigenvalue weighted by Gasteiger charge is 1.91. The molecule has 6 N–H and O–H groups in total. The summed E-state index contributed by atoms with van der Waals surface area (Å²) >= 11 is 0. The van der Waals surface area contributed by atoms with Crippen LogP contribution in [0.15, 0.2) is 0 Å². The van der Waals surface area contributed by atoms with E-state index in [1.54, 1.807) is 0 Å². The fourth-order valence-corrected chi connectivity index (χ4v) is 0. The van der Waals surface area contributed by atoms with Crippen molar-refractivity contribution in [2.75, 3.05) is 39.3 Å². The summed E-state index contributed by atoms with van der Waals surface area (Å²) in [7, 11) is 0. The fraction of sp³-hybridized carbons (Fsp3) is 1.00. The normalized spacial score (nSPS) is 21.6. The quantitative estimate of drug-likeness (QED) is 0.327. The molecule has 0 spiro atoms. The van der Waals surface area contributed by atoms with Crippen molar-refractivity contribution in [1.29, 1.82) is 0 Å².